The molecule has 0 atom stereocenters. The second-order valence-corrected chi connectivity index (χ2v) is 4.86. The SMILES string of the molecule is S=C(N1CCCCc2ccccc21)n1ccnc1. The Bertz CT molecular complexity index is 548. The highest BCUT2D eigenvalue weighted by atomic mass is 32.1. The first-order valence-corrected chi connectivity index (χ1v) is 6.65. The van der Waals surface area contributed by atoms with Crippen molar-refractivity contribution in [3.05, 3.63) is 48.5 Å². The Balaban J connectivity index is 1.99. The molecule has 0 N–H and O–H groups in total. The van der Waals surface area contributed by atoms with E-state index in [4.69, 9.17) is 12.2 Å². The number of para-hydroxylation sites is 1. The molecular formula is C14H15N3S. The smallest absolute Gasteiger partial charge is 0.185 e. The van der Waals surface area contributed by atoms with Gasteiger partial charge in [0.2, 0.25) is 0 Å². The van der Waals surface area contributed by atoms with Crippen molar-refractivity contribution in [2.45, 2.75) is 19.3 Å². The number of benzene rings is 1. The molecule has 0 aliphatic carbocycles. The number of fused-ring (bicyclic) bond motifs is 1. The van der Waals surface area contributed by atoms with Gasteiger partial charge in [0.1, 0.15) is 6.33 Å². The van der Waals surface area contributed by atoms with E-state index in [2.05, 4.69) is 34.1 Å². The molecule has 0 radical (unpaired) electrons. The van der Waals surface area contributed by atoms with Crippen molar-refractivity contribution < 1.29 is 0 Å². The molecule has 1 aliphatic heterocycles. The fourth-order valence-corrected chi connectivity index (χ4v) is 2.70. The summed E-state index contributed by atoms with van der Waals surface area (Å²) in [5.74, 6) is 0. The van der Waals surface area contributed by atoms with Gasteiger partial charge in [-0.15, -0.1) is 0 Å². The molecule has 2 heterocycles. The van der Waals surface area contributed by atoms with E-state index < -0.39 is 0 Å². The van der Waals surface area contributed by atoms with Crippen LogP contribution in [0.1, 0.15) is 18.4 Å². The molecule has 0 saturated carbocycles. The number of rotatable bonds is 0. The van der Waals surface area contributed by atoms with Crippen LogP contribution in [0.15, 0.2) is 43.0 Å². The molecule has 0 saturated heterocycles. The standard InChI is InChI=1S/C14H15N3S/c18-14(16-10-8-15-11-16)17-9-4-3-6-12-5-1-2-7-13(12)17/h1-2,5,7-8,10-11H,3-4,6,9H2. The lowest BCUT2D eigenvalue weighted by molar-refractivity contribution is 0.763. The van der Waals surface area contributed by atoms with Crippen molar-refractivity contribution in [3.8, 4) is 0 Å². The van der Waals surface area contributed by atoms with Gasteiger partial charge >= 0.3 is 0 Å². The Morgan fingerprint density at radius 3 is 2.94 bits per heavy atom. The van der Waals surface area contributed by atoms with E-state index in [1.54, 1.807) is 12.5 Å². The average molecular weight is 257 g/mol. The zero-order valence-corrected chi connectivity index (χ0v) is 10.9. The summed E-state index contributed by atoms with van der Waals surface area (Å²) in [4.78, 5) is 6.29. The van der Waals surface area contributed by atoms with Crippen molar-refractivity contribution in [2.75, 3.05) is 11.4 Å². The highest BCUT2D eigenvalue weighted by Gasteiger charge is 2.18. The Hall–Kier alpha value is -1.68. The van der Waals surface area contributed by atoms with E-state index in [-0.39, 0.29) is 0 Å². The Labute approximate surface area is 112 Å². The number of anilines is 1. The van der Waals surface area contributed by atoms with Crippen LogP contribution in [0.3, 0.4) is 0 Å². The quantitative estimate of drug-likeness (QED) is 0.677. The van der Waals surface area contributed by atoms with Gasteiger partial charge < -0.3 is 4.90 Å². The van der Waals surface area contributed by atoms with Crippen LogP contribution in [0.25, 0.3) is 0 Å². The minimum Gasteiger partial charge on any atom is -0.318 e. The molecule has 4 heteroatoms. The Morgan fingerprint density at radius 1 is 1.22 bits per heavy atom. The third-order valence-corrected chi connectivity index (χ3v) is 3.75. The monoisotopic (exact) mass is 257 g/mol. The highest BCUT2D eigenvalue weighted by molar-refractivity contribution is 7.80. The van der Waals surface area contributed by atoms with Gasteiger partial charge in [-0.3, -0.25) is 4.57 Å². The molecule has 1 aliphatic rings. The van der Waals surface area contributed by atoms with Crippen molar-refractivity contribution in [3.63, 3.8) is 0 Å². The van der Waals surface area contributed by atoms with Gasteiger partial charge in [-0.05, 0) is 43.1 Å². The van der Waals surface area contributed by atoms with Crippen molar-refractivity contribution >= 4 is 23.0 Å². The van der Waals surface area contributed by atoms with Crippen molar-refractivity contribution in [2.24, 2.45) is 0 Å². The summed E-state index contributed by atoms with van der Waals surface area (Å²) < 4.78 is 1.90. The predicted molar refractivity (Wildman–Crippen MR) is 76.9 cm³/mol. The maximum Gasteiger partial charge on any atom is 0.185 e. The van der Waals surface area contributed by atoms with Crippen LogP contribution in [0.2, 0.25) is 0 Å². The molecule has 18 heavy (non-hydrogen) atoms. The summed E-state index contributed by atoms with van der Waals surface area (Å²) in [5.41, 5.74) is 2.63. The summed E-state index contributed by atoms with van der Waals surface area (Å²) in [5, 5.41) is 0.807. The molecule has 3 nitrogen and oxygen atoms in total. The van der Waals surface area contributed by atoms with Crippen molar-refractivity contribution in [1.82, 2.24) is 9.55 Å². The number of hydrogen-bond acceptors (Lipinski definition) is 2. The molecule has 1 aromatic heterocycles. The third-order valence-electron chi connectivity index (χ3n) is 3.32. The van der Waals surface area contributed by atoms with Gasteiger partial charge in [0, 0.05) is 24.6 Å². The first kappa shape index (κ1) is 11.4. The van der Waals surface area contributed by atoms with E-state index in [0.29, 0.717) is 0 Å². The topological polar surface area (TPSA) is 21.1 Å². The molecule has 3 rings (SSSR count). The molecule has 0 unspecified atom stereocenters. The highest BCUT2D eigenvalue weighted by Crippen LogP contribution is 2.26. The minimum atomic E-state index is 0.807. The van der Waals surface area contributed by atoms with E-state index in [0.717, 1.165) is 18.1 Å². The fraction of sp³-hybridized carbons (Fsp3) is 0.286. The molecule has 0 fully saturated rings. The van der Waals surface area contributed by atoms with Gasteiger partial charge in [-0.1, -0.05) is 18.2 Å². The maximum atomic E-state index is 5.58. The minimum absolute atomic E-state index is 0.807. The van der Waals surface area contributed by atoms with Crippen LogP contribution in [0.4, 0.5) is 5.69 Å². The largest absolute Gasteiger partial charge is 0.318 e. The summed E-state index contributed by atoms with van der Waals surface area (Å²) >= 11 is 5.58. The number of imidazole rings is 1. The van der Waals surface area contributed by atoms with E-state index in [1.807, 2.05) is 10.8 Å². The normalized spacial score (nSPS) is 15.0. The maximum absolute atomic E-state index is 5.58. The number of hydrogen-bond donors (Lipinski definition) is 0. The zero-order chi connectivity index (χ0) is 12.4. The first-order chi connectivity index (χ1) is 8.86. The Kier molecular flexibility index (Phi) is 3.11. The zero-order valence-electron chi connectivity index (χ0n) is 10.1. The van der Waals surface area contributed by atoms with E-state index >= 15 is 0 Å². The third kappa shape index (κ3) is 2.04. The fourth-order valence-electron chi connectivity index (χ4n) is 2.40. The van der Waals surface area contributed by atoms with E-state index in [1.165, 1.54) is 24.1 Å². The van der Waals surface area contributed by atoms with Crippen LogP contribution in [-0.4, -0.2) is 21.2 Å². The lowest BCUT2D eigenvalue weighted by atomic mass is 10.1. The van der Waals surface area contributed by atoms with Gasteiger partial charge in [-0.2, -0.15) is 0 Å². The van der Waals surface area contributed by atoms with Crippen LogP contribution in [0.5, 0.6) is 0 Å². The van der Waals surface area contributed by atoms with E-state index in [9.17, 15) is 0 Å². The lowest BCUT2D eigenvalue weighted by Gasteiger charge is -2.25. The summed E-state index contributed by atoms with van der Waals surface area (Å²) in [6.45, 7) is 0.980. The predicted octanol–water partition coefficient (Wildman–Crippen LogP) is 2.86. The second kappa shape index (κ2) is 4.90. The van der Waals surface area contributed by atoms with Gasteiger partial charge in [-0.25, -0.2) is 4.98 Å². The Morgan fingerprint density at radius 2 is 2.11 bits per heavy atom. The van der Waals surface area contributed by atoms with Gasteiger partial charge in [0.15, 0.2) is 5.11 Å². The molecular weight excluding hydrogens is 242 g/mol. The number of nitrogens with zero attached hydrogens (tertiary/aromatic N) is 3. The second-order valence-electron chi connectivity index (χ2n) is 4.49. The van der Waals surface area contributed by atoms with Gasteiger partial charge in [0.25, 0.3) is 0 Å². The summed E-state index contributed by atoms with van der Waals surface area (Å²) in [6, 6.07) is 8.53. The van der Waals surface area contributed by atoms with Crippen LogP contribution < -0.4 is 4.90 Å². The lowest BCUT2D eigenvalue weighted by Crippen LogP contribution is -2.34. The van der Waals surface area contributed by atoms with Crippen LogP contribution in [0, 0.1) is 0 Å². The van der Waals surface area contributed by atoms with Crippen LogP contribution in [-0.2, 0) is 6.42 Å². The molecule has 92 valence electrons. The average Bonchev–Trinajstić information content (AvgIpc) is 2.85. The first-order valence-electron chi connectivity index (χ1n) is 6.24. The molecule has 0 bridgehead atoms. The molecule has 1 aromatic carbocycles. The number of aromatic nitrogens is 2. The van der Waals surface area contributed by atoms with Gasteiger partial charge in [0.05, 0.1) is 0 Å². The van der Waals surface area contributed by atoms with Crippen LogP contribution >= 0.6 is 12.2 Å². The number of aryl methyl sites for hydroxylation is 1. The molecule has 0 amide bonds. The number of thiocarbonyl (C=S) groups is 1. The molecule has 0 spiro atoms. The summed E-state index contributed by atoms with van der Waals surface area (Å²) in [7, 11) is 0. The summed E-state index contributed by atoms with van der Waals surface area (Å²) in [6.07, 6.45) is 8.95. The van der Waals surface area contributed by atoms with Crippen molar-refractivity contribution in [1.29, 1.82) is 0 Å². The molecule has 2 aromatic rings.